The summed E-state index contributed by atoms with van der Waals surface area (Å²) in [6.07, 6.45) is 0. The summed E-state index contributed by atoms with van der Waals surface area (Å²) < 4.78 is 27.8. The summed E-state index contributed by atoms with van der Waals surface area (Å²) in [6, 6.07) is 1.30. The van der Waals surface area contributed by atoms with E-state index in [4.69, 9.17) is 0 Å². The fourth-order valence-electron chi connectivity index (χ4n) is 2.06. The van der Waals surface area contributed by atoms with Crippen LogP contribution in [0.2, 0.25) is 0 Å². The lowest BCUT2D eigenvalue weighted by Crippen LogP contribution is -2.31. The van der Waals surface area contributed by atoms with Crippen molar-refractivity contribution in [3.05, 3.63) is 39.8 Å². The number of amides is 2. The predicted octanol–water partition coefficient (Wildman–Crippen LogP) is 3.68. The Hall–Kier alpha value is -2.22. The summed E-state index contributed by atoms with van der Waals surface area (Å²) in [5, 5.41) is 7.75. The van der Waals surface area contributed by atoms with Crippen molar-refractivity contribution in [2.75, 3.05) is 24.3 Å². The van der Waals surface area contributed by atoms with E-state index in [9.17, 15) is 13.6 Å². The van der Waals surface area contributed by atoms with Gasteiger partial charge in [-0.15, -0.1) is 11.3 Å². The molecule has 0 aliphatic heterocycles. The molecule has 0 bridgehead atoms. The van der Waals surface area contributed by atoms with Crippen LogP contribution in [0.25, 0.3) is 0 Å². The number of aryl methyl sites for hydroxylation is 1. The molecule has 0 unspecified atom stereocenters. The van der Waals surface area contributed by atoms with Gasteiger partial charge in [-0.1, -0.05) is 0 Å². The number of halogens is 2. The molecule has 0 aliphatic carbocycles. The highest BCUT2D eigenvalue weighted by Gasteiger charge is 2.16. The number of rotatable bonds is 4. The third-order valence-electron chi connectivity index (χ3n) is 3.08. The quantitative estimate of drug-likeness (QED) is 0.893. The van der Waals surface area contributed by atoms with E-state index in [1.54, 1.807) is 21.0 Å². The second kappa shape index (κ2) is 6.91. The first-order chi connectivity index (χ1) is 10.8. The molecule has 1 aromatic heterocycles. The summed E-state index contributed by atoms with van der Waals surface area (Å²) in [6.45, 7) is 3.65. The van der Waals surface area contributed by atoms with Gasteiger partial charge in [-0.25, -0.2) is 18.6 Å². The van der Waals surface area contributed by atoms with Gasteiger partial charge in [0.05, 0.1) is 6.04 Å². The summed E-state index contributed by atoms with van der Waals surface area (Å²) >= 11 is 1.44. The van der Waals surface area contributed by atoms with Crippen LogP contribution in [0.3, 0.4) is 0 Å². The Kier molecular flexibility index (Phi) is 5.15. The molecule has 0 saturated heterocycles. The topological polar surface area (TPSA) is 57.3 Å². The Bertz CT molecular complexity index is 694. The van der Waals surface area contributed by atoms with Crippen LogP contribution in [-0.2, 0) is 0 Å². The van der Waals surface area contributed by atoms with E-state index in [1.165, 1.54) is 16.2 Å². The van der Waals surface area contributed by atoms with Crippen LogP contribution in [0.15, 0.2) is 17.5 Å². The van der Waals surface area contributed by atoms with Crippen molar-refractivity contribution < 1.29 is 13.6 Å². The molecule has 5 nitrogen and oxygen atoms in total. The zero-order valence-corrected chi connectivity index (χ0v) is 14.1. The molecule has 0 aliphatic rings. The van der Waals surface area contributed by atoms with Crippen molar-refractivity contribution >= 4 is 28.7 Å². The molecule has 2 rings (SSSR count). The number of thiazole rings is 1. The largest absolute Gasteiger partial charge is 0.373 e. The molecule has 124 valence electrons. The number of nitrogens with zero attached hydrogens (tertiary/aromatic N) is 2. The molecule has 8 heteroatoms. The standard InChI is InChI=1S/C15H18F2N4OS/c1-8-7-23-14(18-8)9(2)19-15(22)20-10-5-11(16)13(21(3)4)12(17)6-10/h5-7,9H,1-4H3,(H2,19,20,22)/t9-/m1/s1. The number of aromatic nitrogens is 1. The number of nitrogens with one attached hydrogen (secondary N) is 2. The number of hydrogen-bond donors (Lipinski definition) is 2. The van der Waals surface area contributed by atoms with Gasteiger partial charge in [-0.3, -0.25) is 0 Å². The molecule has 1 heterocycles. The Balaban J connectivity index is 2.06. The highest BCUT2D eigenvalue weighted by molar-refractivity contribution is 7.09. The van der Waals surface area contributed by atoms with Crippen LogP contribution in [0.1, 0.15) is 23.7 Å². The van der Waals surface area contributed by atoms with Crippen molar-refractivity contribution in [2.24, 2.45) is 0 Å². The molecular weight excluding hydrogens is 322 g/mol. The minimum atomic E-state index is -0.742. The Morgan fingerprint density at radius 3 is 2.39 bits per heavy atom. The molecule has 0 fully saturated rings. The summed E-state index contributed by atoms with van der Waals surface area (Å²) in [5.74, 6) is -1.48. The van der Waals surface area contributed by atoms with Gasteiger partial charge in [0.15, 0.2) is 11.6 Å². The molecular formula is C15H18F2N4OS. The average molecular weight is 340 g/mol. The van der Waals surface area contributed by atoms with Crippen molar-refractivity contribution in [1.82, 2.24) is 10.3 Å². The van der Waals surface area contributed by atoms with E-state index >= 15 is 0 Å². The molecule has 0 spiro atoms. The number of carbonyl (C=O) groups is 1. The van der Waals surface area contributed by atoms with E-state index in [-0.39, 0.29) is 17.4 Å². The van der Waals surface area contributed by atoms with Crippen LogP contribution in [0, 0.1) is 18.6 Å². The SMILES string of the molecule is Cc1csc([C@@H](C)NC(=O)Nc2cc(F)c(N(C)C)c(F)c2)n1. The van der Waals surface area contributed by atoms with Gasteiger partial charge in [0.2, 0.25) is 0 Å². The maximum Gasteiger partial charge on any atom is 0.319 e. The Morgan fingerprint density at radius 2 is 1.91 bits per heavy atom. The maximum atomic E-state index is 13.9. The number of carbonyl (C=O) groups excluding carboxylic acids is 1. The van der Waals surface area contributed by atoms with Crippen molar-refractivity contribution in [3.63, 3.8) is 0 Å². The molecule has 1 atom stereocenters. The molecule has 0 saturated carbocycles. The van der Waals surface area contributed by atoms with Crippen LogP contribution < -0.4 is 15.5 Å². The number of hydrogen-bond acceptors (Lipinski definition) is 4. The lowest BCUT2D eigenvalue weighted by molar-refractivity contribution is 0.249. The first-order valence-corrected chi connectivity index (χ1v) is 7.81. The van der Waals surface area contributed by atoms with E-state index in [0.717, 1.165) is 22.8 Å². The minimum Gasteiger partial charge on any atom is -0.373 e. The summed E-state index contributed by atoms with van der Waals surface area (Å²) in [5.41, 5.74) is 0.774. The molecule has 2 aromatic rings. The van der Waals surface area contributed by atoms with Gasteiger partial charge in [0, 0.05) is 30.9 Å². The lowest BCUT2D eigenvalue weighted by Gasteiger charge is -2.16. The van der Waals surface area contributed by atoms with Gasteiger partial charge in [-0.05, 0) is 26.0 Å². The summed E-state index contributed by atoms with van der Waals surface area (Å²) in [4.78, 5) is 17.6. The highest BCUT2D eigenvalue weighted by Crippen LogP contribution is 2.25. The van der Waals surface area contributed by atoms with Crippen LogP contribution in [-0.4, -0.2) is 25.1 Å². The maximum absolute atomic E-state index is 13.9. The van der Waals surface area contributed by atoms with Gasteiger partial charge >= 0.3 is 6.03 Å². The zero-order chi connectivity index (χ0) is 17.1. The second-order valence-corrected chi connectivity index (χ2v) is 6.22. The minimum absolute atomic E-state index is 0.0469. The average Bonchev–Trinajstić information content (AvgIpc) is 2.83. The van der Waals surface area contributed by atoms with E-state index in [1.807, 2.05) is 12.3 Å². The smallest absolute Gasteiger partial charge is 0.319 e. The third kappa shape index (κ3) is 4.16. The Labute approximate surface area is 137 Å². The van der Waals surface area contributed by atoms with Crippen molar-refractivity contribution in [1.29, 1.82) is 0 Å². The third-order valence-corrected chi connectivity index (χ3v) is 4.22. The van der Waals surface area contributed by atoms with E-state index in [2.05, 4.69) is 15.6 Å². The van der Waals surface area contributed by atoms with Crippen molar-refractivity contribution in [3.8, 4) is 0 Å². The first kappa shape index (κ1) is 17.1. The zero-order valence-electron chi connectivity index (χ0n) is 13.3. The lowest BCUT2D eigenvalue weighted by atomic mass is 10.2. The fourth-order valence-corrected chi connectivity index (χ4v) is 2.87. The fraction of sp³-hybridized carbons (Fsp3) is 0.333. The molecule has 1 aromatic carbocycles. The first-order valence-electron chi connectivity index (χ1n) is 6.94. The van der Waals surface area contributed by atoms with Gasteiger partial charge in [-0.2, -0.15) is 0 Å². The Morgan fingerprint density at radius 1 is 1.30 bits per heavy atom. The molecule has 2 amide bonds. The summed E-state index contributed by atoms with van der Waals surface area (Å²) in [7, 11) is 3.08. The molecule has 2 N–H and O–H groups in total. The van der Waals surface area contributed by atoms with E-state index < -0.39 is 17.7 Å². The number of benzene rings is 1. The van der Waals surface area contributed by atoms with Crippen LogP contribution in [0.4, 0.5) is 25.0 Å². The van der Waals surface area contributed by atoms with Crippen LogP contribution in [0.5, 0.6) is 0 Å². The van der Waals surface area contributed by atoms with Crippen LogP contribution >= 0.6 is 11.3 Å². The normalized spacial score (nSPS) is 11.9. The molecule has 23 heavy (non-hydrogen) atoms. The number of anilines is 2. The predicted molar refractivity (Wildman–Crippen MR) is 88.1 cm³/mol. The monoisotopic (exact) mass is 340 g/mol. The molecule has 0 radical (unpaired) electrons. The highest BCUT2D eigenvalue weighted by atomic mass is 32.1. The van der Waals surface area contributed by atoms with Gasteiger partial charge < -0.3 is 15.5 Å². The van der Waals surface area contributed by atoms with Gasteiger partial charge in [0.1, 0.15) is 10.7 Å². The second-order valence-electron chi connectivity index (χ2n) is 5.33. The van der Waals surface area contributed by atoms with Crippen molar-refractivity contribution in [2.45, 2.75) is 19.9 Å². The number of urea groups is 1. The van der Waals surface area contributed by atoms with E-state index in [0.29, 0.717) is 0 Å². The van der Waals surface area contributed by atoms with Gasteiger partial charge in [0.25, 0.3) is 0 Å².